The summed E-state index contributed by atoms with van der Waals surface area (Å²) in [6.45, 7) is -0.142. The van der Waals surface area contributed by atoms with Crippen LogP contribution in [0.5, 0.6) is 5.75 Å². The molecule has 1 aliphatic rings. The predicted molar refractivity (Wildman–Crippen MR) is 70.9 cm³/mol. The second-order valence-electron chi connectivity index (χ2n) is 4.89. The predicted octanol–water partition coefficient (Wildman–Crippen LogP) is 1.91. The molecule has 1 fully saturated rings. The molecule has 1 aromatic carbocycles. The van der Waals surface area contributed by atoms with Gasteiger partial charge in [0.1, 0.15) is 0 Å². The van der Waals surface area contributed by atoms with Gasteiger partial charge in [-0.2, -0.15) is 0 Å². The first-order chi connectivity index (χ1) is 9.19. The van der Waals surface area contributed by atoms with Crippen LogP contribution >= 0.6 is 0 Å². The van der Waals surface area contributed by atoms with Crippen LogP contribution in [0, 0.1) is 5.82 Å². The molecule has 3 N–H and O–H groups in total. The number of anilines is 1. The van der Waals surface area contributed by atoms with Crippen LogP contribution in [0.25, 0.3) is 0 Å². The van der Waals surface area contributed by atoms with E-state index in [1.54, 1.807) is 12.1 Å². The summed E-state index contributed by atoms with van der Waals surface area (Å²) in [7, 11) is 0. The largest absolute Gasteiger partial charge is 0.487 e. The maximum Gasteiger partial charge on any atom is 0.167 e. The molecule has 0 heterocycles. The Morgan fingerprint density at radius 2 is 2.11 bits per heavy atom. The van der Waals surface area contributed by atoms with Gasteiger partial charge in [0.05, 0.1) is 18.8 Å². The molecule has 4 nitrogen and oxygen atoms in total. The molecule has 1 atom stereocenters. The van der Waals surface area contributed by atoms with E-state index in [1.807, 2.05) is 0 Å². The van der Waals surface area contributed by atoms with Gasteiger partial charge in [-0.1, -0.05) is 0 Å². The molecule has 0 bridgehead atoms. The van der Waals surface area contributed by atoms with Crippen molar-refractivity contribution in [2.24, 2.45) is 0 Å². The molecule has 2 rings (SSSR count). The molecule has 1 aromatic rings. The van der Waals surface area contributed by atoms with Gasteiger partial charge in [-0.05, 0) is 37.8 Å². The zero-order chi connectivity index (χ0) is 13.7. The Kier molecular flexibility index (Phi) is 4.99. The summed E-state index contributed by atoms with van der Waals surface area (Å²) in [6, 6.07) is 4.65. The zero-order valence-corrected chi connectivity index (χ0v) is 10.8. The Labute approximate surface area is 112 Å². The van der Waals surface area contributed by atoms with E-state index in [2.05, 4.69) is 5.32 Å². The molecule has 0 amide bonds. The van der Waals surface area contributed by atoms with E-state index in [0.29, 0.717) is 5.69 Å². The number of halogens is 1. The summed E-state index contributed by atoms with van der Waals surface area (Å²) >= 11 is 0. The Morgan fingerprint density at radius 1 is 1.37 bits per heavy atom. The van der Waals surface area contributed by atoms with E-state index in [0.717, 1.165) is 25.7 Å². The summed E-state index contributed by atoms with van der Waals surface area (Å²) < 4.78 is 19.4. The fraction of sp³-hybridized carbons (Fsp3) is 0.571. The smallest absolute Gasteiger partial charge is 0.167 e. The Balaban J connectivity index is 1.92. The SMILES string of the molecule is OCC(O)CNc1ccc(OC2CCCC2)c(F)c1. The maximum atomic E-state index is 13.8. The summed E-state index contributed by atoms with van der Waals surface area (Å²) in [5.74, 6) is -0.129. The quantitative estimate of drug-likeness (QED) is 0.738. The Bertz CT molecular complexity index is 408. The van der Waals surface area contributed by atoms with Crippen LogP contribution in [-0.4, -0.2) is 35.6 Å². The first kappa shape index (κ1) is 14.1. The Hall–Kier alpha value is -1.33. The lowest BCUT2D eigenvalue weighted by Gasteiger charge is -2.15. The highest BCUT2D eigenvalue weighted by Crippen LogP contribution is 2.27. The lowest BCUT2D eigenvalue weighted by Crippen LogP contribution is -2.23. The van der Waals surface area contributed by atoms with Crippen molar-refractivity contribution in [1.29, 1.82) is 0 Å². The number of ether oxygens (including phenoxy) is 1. The number of rotatable bonds is 6. The molecule has 0 radical (unpaired) electrons. The third-order valence-electron chi connectivity index (χ3n) is 3.28. The van der Waals surface area contributed by atoms with Gasteiger partial charge in [-0.3, -0.25) is 0 Å². The molecular formula is C14H20FNO3. The van der Waals surface area contributed by atoms with Crippen LogP contribution < -0.4 is 10.1 Å². The van der Waals surface area contributed by atoms with Crippen LogP contribution in [0.15, 0.2) is 18.2 Å². The average Bonchev–Trinajstić information content (AvgIpc) is 2.91. The summed E-state index contributed by atoms with van der Waals surface area (Å²) in [5.41, 5.74) is 0.559. The lowest BCUT2D eigenvalue weighted by molar-refractivity contribution is 0.105. The third kappa shape index (κ3) is 4.08. The molecule has 0 aliphatic heterocycles. The molecule has 1 aliphatic carbocycles. The van der Waals surface area contributed by atoms with Crippen molar-refractivity contribution in [3.63, 3.8) is 0 Å². The van der Waals surface area contributed by atoms with E-state index in [1.165, 1.54) is 6.07 Å². The van der Waals surface area contributed by atoms with Crippen LogP contribution in [0.2, 0.25) is 0 Å². The molecular weight excluding hydrogens is 249 g/mol. The van der Waals surface area contributed by atoms with Crippen molar-refractivity contribution in [2.75, 3.05) is 18.5 Å². The van der Waals surface area contributed by atoms with E-state index >= 15 is 0 Å². The van der Waals surface area contributed by atoms with E-state index < -0.39 is 11.9 Å². The van der Waals surface area contributed by atoms with Crippen molar-refractivity contribution in [3.8, 4) is 5.75 Å². The van der Waals surface area contributed by atoms with Crippen molar-refractivity contribution < 1.29 is 19.3 Å². The van der Waals surface area contributed by atoms with Crippen LogP contribution in [0.4, 0.5) is 10.1 Å². The number of hydrogen-bond acceptors (Lipinski definition) is 4. The van der Waals surface area contributed by atoms with Gasteiger partial charge >= 0.3 is 0 Å². The first-order valence-electron chi connectivity index (χ1n) is 6.68. The standard InChI is InChI=1S/C14H20FNO3/c15-13-7-10(16-8-11(18)9-17)5-6-14(13)19-12-3-1-2-4-12/h5-7,11-12,16-18H,1-4,8-9H2. The fourth-order valence-electron chi connectivity index (χ4n) is 2.19. The molecule has 1 unspecified atom stereocenters. The van der Waals surface area contributed by atoms with Gasteiger partial charge < -0.3 is 20.3 Å². The highest BCUT2D eigenvalue weighted by Gasteiger charge is 2.18. The highest BCUT2D eigenvalue weighted by atomic mass is 19.1. The second kappa shape index (κ2) is 6.73. The fourth-order valence-corrected chi connectivity index (χ4v) is 2.19. The van der Waals surface area contributed by atoms with Crippen molar-refractivity contribution in [1.82, 2.24) is 0 Å². The van der Waals surface area contributed by atoms with Gasteiger partial charge in [0, 0.05) is 18.3 Å². The molecule has 106 valence electrons. The van der Waals surface area contributed by atoms with Crippen molar-refractivity contribution in [3.05, 3.63) is 24.0 Å². The third-order valence-corrected chi connectivity index (χ3v) is 3.28. The van der Waals surface area contributed by atoms with Gasteiger partial charge in [0.2, 0.25) is 0 Å². The first-order valence-corrected chi connectivity index (χ1v) is 6.68. The highest BCUT2D eigenvalue weighted by molar-refractivity contribution is 5.47. The van der Waals surface area contributed by atoms with E-state index in [-0.39, 0.29) is 25.0 Å². The van der Waals surface area contributed by atoms with Gasteiger partial charge in [0.25, 0.3) is 0 Å². The molecule has 0 spiro atoms. The van der Waals surface area contributed by atoms with Crippen LogP contribution in [0.3, 0.4) is 0 Å². The minimum Gasteiger partial charge on any atom is -0.487 e. The minimum absolute atomic E-state index is 0.129. The van der Waals surface area contributed by atoms with Crippen molar-refractivity contribution in [2.45, 2.75) is 37.9 Å². The number of benzene rings is 1. The van der Waals surface area contributed by atoms with Crippen LogP contribution in [0.1, 0.15) is 25.7 Å². The van der Waals surface area contributed by atoms with Crippen LogP contribution in [-0.2, 0) is 0 Å². The summed E-state index contributed by atoms with van der Waals surface area (Å²) in [4.78, 5) is 0. The zero-order valence-electron chi connectivity index (χ0n) is 10.8. The van der Waals surface area contributed by atoms with Crippen molar-refractivity contribution >= 4 is 5.69 Å². The van der Waals surface area contributed by atoms with Gasteiger partial charge in [0.15, 0.2) is 11.6 Å². The normalized spacial score (nSPS) is 17.4. The lowest BCUT2D eigenvalue weighted by atomic mass is 10.2. The molecule has 5 heteroatoms. The number of aliphatic hydroxyl groups excluding tert-OH is 2. The maximum absolute atomic E-state index is 13.8. The molecule has 1 saturated carbocycles. The number of nitrogens with one attached hydrogen (secondary N) is 1. The average molecular weight is 269 g/mol. The summed E-state index contributed by atoms with van der Waals surface area (Å²) in [6.07, 6.45) is 3.54. The summed E-state index contributed by atoms with van der Waals surface area (Å²) in [5, 5.41) is 20.7. The topological polar surface area (TPSA) is 61.7 Å². The molecule has 0 aromatic heterocycles. The monoisotopic (exact) mass is 269 g/mol. The van der Waals surface area contributed by atoms with E-state index in [9.17, 15) is 9.50 Å². The molecule has 0 saturated heterocycles. The number of aliphatic hydroxyl groups is 2. The Morgan fingerprint density at radius 3 is 2.74 bits per heavy atom. The second-order valence-corrected chi connectivity index (χ2v) is 4.89. The van der Waals surface area contributed by atoms with Gasteiger partial charge in [-0.15, -0.1) is 0 Å². The molecule has 19 heavy (non-hydrogen) atoms. The minimum atomic E-state index is -0.850. The van der Waals surface area contributed by atoms with E-state index in [4.69, 9.17) is 9.84 Å². The van der Waals surface area contributed by atoms with Gasteiger partial charge in [-0.25, -0.2) is 4.39 Å². The number of hydrogen-bond donors (Lipinski definition) is 3.